The van der Waals surface area contributed by atoms with Gasteiger partial charge in [0, 0.05) is 11.8 Å². The Hall–Kier alpha value is -0.330. The molecule has 0 bridgehead atoms. The van der Waals surface area contributed by atoms with Gasteiger partial charge in [0.1, 0.15) is 0 Å². The van der Waals surface area contributed by atoms with Crippen LogP contribution in [0.1, 0.15) is 12.8 Å². The number of rotatable bonds is 3. The van der Waals surface area contributed by atoms with Crippen molar-refractivity contribution in [1.29, 1.82) is 0 Å². The molecule has 0 unspecified atom stereocenters. The molecule has 2 heterocycles. The minimum absolute atomic E-state index is 0.557. The van der Waals surface area contributed by atoms with Crippen LogP contribution < -0.4 is 11.1 Å². The van der Waals surface area contributed by atoms with E-state index in [9.17, 15) is 0 Å². The van der Waals surface area contributed by atoms with Crippen molar-refractivity contribution in [2.24, 2.45) is 0 Å². The van der Waals surface area contributed by atoms with Crippen molar-refractivity contribution in [3.8, 4) is 0 Å². The molecule has 1 fully saturated rings. The summed E-state index contributed by atoms with van der Waals surface area (Å²) in [7, 11) is 0. The van der Waals surface area contributed by atoms with Gasteiger partial charge in [0.15, 0.2) is 4.34 Å². The summed E-state index contributed by atoms with van der Waals surface area (Å²) in [5.41, 5.74) is 5.48. The van der Waals surface area contributed by atoms with Crippen LogP contribution in [0.5, 0.6) is 0 Å². The summed E-state index contributed by atoms with van der Waals surface area (Å²) in [6.07, 6.45) is 2.57. The lowest BCUT2D eigenvalue weighted by Crippen LogP contribution is -2.23. The normalized spacial score (nSPS) is 22.3. The summed E-state index contributed by atoms with van der Waals surface area (Å²) in [5, 5.41) is 11.7. The number of nitrogen functional groups attached to an aromatic ring is 1. The molecule has 1 aromatic rings. The Labute approximate surface area is 85.3 Å². The number of thioether (sulfide) groups is 1. The lowest BCUT2D eigenvalue weighted by Gasteiger charge is -2.06. The Balaban J connectivity index is 1.78. The highest BCUT2D eigenvalue weighted by Gasteiger charge is 2.14. The molecule has 1 saturated heterocycles. The maximum atomic E-state index is 5.48. The molecule has 0 aromatic carbocycles. The average Bonchev–Trinajstić information content (AvgIpc) is 2.71. The van der Waals surface area contributed by atoms with Crippen molar-refractivity contribution in [3.63, 3.8) is 0 Å². The van der Waals surface area contributed by atoms with Crippen LogP contribution in [0.3, 0.4) is 0 Å². The van der Waals surface area contributed by atoms with E-state index in [-0.39, 0.29) is 0 Å². The Bertz CT molecular complexity index is 269. The van der Waals surface area contributed by atoms with Crippen LogP contribution in [0, 0.1) is 0 Å². The van der Waals surface area contributed by atoms with Gasteiger partial charge in [0.2, 0.25) is 5.13 Å². The van der Waals surface area contributed by atoms with E-state index in [2.05, 4.69) is 15.5 Å². The SMILES string of the molecule is Nc1nnc(SC[C@H]2CCCN2)s1. The van der Waals surface area contributed by atoms with Crippen LogP contribution in [-0.4, -0.2) is 28.5 Å². The van der Waals surface area contributed by atoms with Gasteiger partial charge in [-0.15, -0.1) is 10.2 Å². The summed E-state index contributed by atoms with van der Waals surface area (Å²) in [6, 6.07) is 0.648. The molecule has 1 aliphatic rings. The third-order valence-corrected chi connectivity index (χ3v) is 4.04. The second-order valence-corrected chi connectivity index (χ2v) is 5.29. The van der Waals surface area contributed by atoms with Crippen LogP contribution in [0.25, 0.3) is 0 Å². The van der Waals surface area contributed by atoms with Crippen molar-refractivity contribution in [3.05, 3.63) is 0 Å². The molecule has 3 N–H and O–H groups in total. The zero-order valence-electron chi connectivity index (χ0n) is 7.19. The quantitative estimate of drug-likeness (QED) is 0.737. The molecule has 1 aromatic heterocycles. The van der Waals surface area contributed by atoms with Crippen molar-refractivity contribution < 1.29 is 0 Å². The Morgan fingerprint density at radius 2 is 2.54 bits per heavy atom. The predicted octanol–water partition coefficient (Wildman–Crippen LogP) is 0.964. The van der Waals surface area contributed by atoms with E-state index in [0.717, 1.165) is 16.6 Å². The highest BCUT2D eigenvalue weighted by molar-refractivity contribution is 8.01. The molecule has 1 aliphatic heterocycles. The van der Waals surface area contributed by atoms with E-state index in [4.69, 9.17) is 5.73 Å². The van der Waals surface area contributed by atoms with E-state index in [0.29, 0.717) is 11.2 Å². The van der Waals surface area contributed by atoms with Gasteiger partial charge in [-0.05, 0) is 19.4 Å². The fraction of sp³-hybridized carbons (Fsp3) is 0.714. The molecular formula is C7H12N4S2. The zero-order valence-corrected chi connectivity index (χ0v) is 8.83. The molecule has 1 atom stereocenters. The minimum Gasteiger partial charge on any atom is -0.374 e. The molecule has 13 heavy (non-hydrogen) atoms. The largest absolute Gasteiger partial charge is 0.374 e. The van der Waals surface area contributed by atoms with Gasteiger partial charge >= 0.3 is 0 Å². The van der Waals surface area contributed by atoms with E-state index < -0.39 is 0 Å². The molecule has 72 valence electrons. The molecule has 0 aliphatic carbocycles. The first-order chi connectivity index (χ1) is 6.34. The number of hydrogen-bond donors (Lipinski definition) is 2. The molecule has 0 amide bonds. The van der Waals surface area contributed by atoms with Crippen molar-refractivity contribution in [2.45, 2.75) is 23.2 Å². The standard InChI is InChI=1S/C7H12N4S2/c8-6-10-11-7(13-6)12-4-5-2-1-3-9-5/h5,9H,1-4H2,(H2,8,10)/t5-/m1/s1. The zero-order chi connectivity index (χ0) is 9.10. The number of hydrogen-bond acceptors (Lipinski definition) is 6. The van der Waals surface area contributed by atoms with Crippen LogP contribution in [0.15, 0.2) is 4.34 Å². The van der Waals surface area contributed by atoms with Crippen LogP contribution >= 0.6 is 23.1 Å². The average molecular weight is 216 g/mol. The van der Waals surface area contributed by atoms with Gasteiger partial charge in [-0.3, -0.25) is 0 Å². The second kappa shape index (κ2) is 4.26. The van der Waals surface area contributed by atoms with Gasteiger partial charge < -0.3 is 11.1 Å². The van der Waals surface area contributed by atoms with Gasteiger partial charge in [-0.2, -0.15) is 0 Å². The summed E-state index contributed by atoms with van der Waals surface area (Å²) in [4.78, 5) is 0. The number of nitrogens with zero attached hydrogens (tertiary/aromatic N) is 2. The van der Waals surface area contributed by atoms with Crippen LogP contribution in [0.2, 0.25) is 0 Å². The van der Waals surface area contributed by atoms with Gasteiger partial charge in [0.05, 0.1) is 0 Å². The van der Waals surface area contributed by atoms with Crippen molar-refractivity contribution >= 4 is 28.2 Å². The highest BCUT2D eigenvalue weighted by Crippen LogP contribution is 2.25. The Kier molecular flexibility index (Phi) is 3.02. The van der Waals surface area contributed by atoms with Crippen molar-refractivity contribution in [1.82, 2.24) is 15.5 Å². The monoisotopic (exact) mass is 216 g/mol. The number of nitrogens with one attached hydrogen (secondary N) is 1. The van der Waals surface area contributed by atoms with Crippen molar-refractivity contribution in [2.75, 3.05) is 18.0 Å². The summed E-state index contributed by atoms with van der Waals surface area (Å²) in [5.74, 6) is 1.08. The molecule has 6 heteroatoms. The number of anilines is 1. The van der Waals surface area contributed by atoms with Crippen LogP contribution in [-0.2, 0) is 0 Å². The number of nitrogens with two attached hydrogens (primary N) is 1. The van der Waals surface area contributed by atoms with Gasteiger partial charge in [-0.1, -0.05) is 23.1 Å². The summed E-state index contributed by atoms with van der Waals surface area (Å²) < 4.78 is 0.978. The third-order valence-electron chi connectivity index (χ3n) is 1.99. The Morgan fingerprint density at radius 1 is 1.62 bits per heavy atom. The topological polar surface area (TPSA) is 63.8 Å². The Morgan fingerprint density at radius 3 is 3.15 bits per heavy atom. The number of aromatic nitrogens is 2. The van der Waals surface area contributed by atoms with E-state index in [1.54, 1.807) is 11.8 Å². The summed E-state index contributed by atoms with van der Waals surface area (Å²) >= 11 is 3.20. The third kappa shape index (κ3) is 2.55. The molecule has 0 saturated carbocycles. The van der Waals surface area contributed by atoms with E-state index in [1.165, 1.54) is 24.2 Å². The molecular weight excluding hydrogens is 204 g/mol. The molecule has 4 nitrogen and oxygen atoms in total. The first-order valence-electron chi connectivity index (χ1n) is 4.30. The lowest BCUT2D eigenvalue weighted by molar-refractivity contribution is 0.674. The minimum atomic E-state index is 0.557. The fourth-order valence-corrected chi connectivity index (χ4v) is 3.11. The van der Waals surface area contributed by atoms with Gasteiger partial charge in [-0.25, -0.2) is 0 Å². The maximum Gasteiger partial charge on any atom is 0.203 e. The molecule has 0 radical (unpaired) electrons. The first-order valence-corrected chi connectivity index (χ1v) is 6.10. The molecule has 2 rings (SSSR count). The fourth-order valence-electron chi connectivity index (χ4n) is 1.35. The smallest absolute Gasteiger partial charge is 0.203 e. The van der Waals surface area contributed by atoms with Gasteiger partial charge in [0.25, 0.3) is 0 Å². The highest BCUT2D eigenvalue weighted by atomic mass is 32.2. The predicted molar refractivity (Wildman–Crippen MR) is 56.1 cm³/mol. The van der Waals surface area contributed by atoms with Crippen LogP contribution in [0.4, 0.5) is 5.13 Å². The molecule has 0 spiro atoms. The van der Waals surface area contributed by atoms with E-state index >= 15 is 0 Å². The maximum absolute atomic E-state index is 5.48. The summed E-state index contributed by atoms with van der Waals surface area (Å²) in [6.45, 7) is 1.16. The van der Waals surface area contributed by atoms with E-state index in [1.807, 2.05) is 0 Å². The lowest BCUT2D eigenvalue weighted by atomic mass is 10.3. The second-order valence-electron chi connectivity index (χ2n) is 3.01. The first kappa shape index (κ1) is 9.23.